The molecule has 0 fully saturated rings. The van der Waals surface area contributed by atoms with Crippen LogP contribution in [0.1, 0.15) is 79.2 Å². The zero-order valence-corrected chi connectivity index (χ0v) is 24.3. The maximum Gasteiger partial charge on any atom is 0.513 e. The Kier molecular flexibility index (Phi) is 15.5. The third-order valence-electron chi connectivity index (χ3n) is 5.55. The van der Waals surface area contributed by atoms with Crippen molar-refractivity contribution < 1.29 is 52.3 Å². The molecular formula is C28H43NO11. The minimum atomic E-state index is -1.09. The molecule has 0 unspecified atom stereocenters. The molecule has 12 heteroatoms. The summed E-state index contributed by atoms with van der Waals surface area (Å²) in [5.41, 5.74) is 5.84. The zero-order chi connectivity index (χ0) is 30.1. The molecular weight excluding hydrogens is 526 g/mol. The van der Waals surface area contributed by atoms with Gasteiger partial charge in [-0.1, -0.05) is 39.7 Å². The molecule has 226 valence electrons. The minimum Gasteiger partial charge on any atom is -0.458 e. The molecule has 0 saturated heterocycles. The Hall–Kier alpha value is -3.54. The summed E-state index contributed by atoms with van der Waals surface area (Å²) in [6, 6.07) is 3.25. The van der Waals surface area contributed by atoms with Crippen molar-refractivity contribution in [1.29, 1.82) is 0 Å². The fourth-order valence-corrected chi connectivity index (χ4v) is 2.85. The molecule has 0 aliphatic heterocycles. The first kappa shape index (κ1) is 34.5. The van der Waals surface area contributed by atoms with E-state index in [-0.39, 0.29) is 37.7 Å². The van der Waals surface area contributed by atoms with Crippen LogP contribution in [-0.4, -0.2) is 62.0 Å². The second-order valence-electron chi connectivity index (χ2n) is 9.72. The Balaban J connectivity index is 2.81. The quantitative estimate of drug-likeness (QED) is 0.116. The average Bonchev–Trinajstić information content (AvgIpc) is 2.89. The lowest BCUT2D eigenvalue weighted by atomic mass is 10.1. The average molecular weight is 570 g/mol. The molecule has 0 aliphatic carbocycles. The largest absolute Gasteiger partial charge is 0.513 e. The molecule has 1 aromatic carbocycles. The van der Waals surface area contributed by atoms with E-state index >= 15 is 0 Å². The molecule has 1 aromatic rings. The predicted octanol–water partition coefficient (Wildman–Crippen LogP) is 5.46. The number of rotatable bonds is 16. The molecule has 0 aromatic heterocycles. The van der Waals surface area contributed by atoms with Gasteiger partial charge in [-0.15, -0.1) is 0 Å². The van der Waals surface area contributed by atoms with E-state index in [1.54, 1.807) is 26.8 Å². The molecule has 2 atom stereocenters. The first-order valence-corrected chi connectivity index (χ1v) is 13.5. The highest BCUT2D eigenvalue weighted by molar-refractivity contribution is 5.76. The van der Waals surface area contributed by atoms with E-state index in [0.29, 0.717) is 24.8 Å². The van der Waals surface area contributed by atoms with Gasteiger partial charge in [0.25, 0.3) is 0 Å². The Morgan fingerprint density at radius 1 is 0.850 bits per heavy atom. The lowest BCUT2D eigenvalue weighted by molar-refractivity contribution is -0.152. The van der Waals surface area contributed by atoms with Crippen LogP contribution < -0.4 is 15.2 Å². The zero-order valence-electron chi connectivity index (χ0n) is 24.3. The number of hydrogen-bond acceptors (Lipinski definition) is 12. The first-order valence-electron chi connectivity index (χ1n) is 13.5. The summed E-state index contributed by atoms with van der Waals surface area (Å²) in [6.07, 6.45) is 0.00244. The van der Waals surface area contributed by atoms with Gasteiger partial charge in [-0.2, -0.15) is 0 Å². The van der Waals surface area contributed by atoms with Gasteiger partial charge in [0.1, 0.15) is 24.4 Å². The topological polar surface area (TPSA) is 159 Å². The van der Waals surface area contributed by atoms with Gasteiger partial charge in [-0.05, 0) is 64.2 Å². The second-order valence-corrected chi connectivity index (χ2v) is 9.72. The molecule has 12 nitrogen and oxygen atoms in total. The number of carbonyl (C=O) groups excluding carboxylic acids is 4. The highest BCUT2D eigenvalue weighted by Crippen LogP contribution is 2.30. The predicted molar refractivity (Wildman–Crippen MR) is 144 cm³/mol. The molecule has 0 bridgehead atoms. The molecule has 0 amide bonds. The number of benzene rings is 1. The summed E-state index contributed by atoms with van der Waals surface area (Å²) < 4.78 is 35.9. The fourth-order valence-electron chi connectivity index (χ4n) is 2.85. The van der Waals surface area contributed by atoms with Crippen molar-refractivity contribution in [3.05, 3.63) is 23.8 Å². The van der Waals surface area contributed by atoms with E-state index in [1.165, 1.54) is 12.1 Å². The second kappa shape index (κ2) is 17.9. The van der Waals surface area contributed by atoms with Crippen LogP contribution in [0.5, 0.6) is 11.5 Å². The third-order valence-corrected chi connectivity index (χ3v) is 5.55. The van der Waals surface area contributed by atoms with Gasteiger partial charge >= 0.3 is 24.4 Å². The summed E-state index contributed by atoms with van der Waals surface area (Å²) in [4.78, 5) is 48.5. The molecule has 1 rings (SSSR count). The van der Waals surface area contributed by atoms with Crippen molar-refractivity contribution >= 4 is 24.4 Å². The van der Waals surface area contributed by atoms with Gasteiger partial charge in [0.05, 0.1) is 13.2 Å². The standard InChI is InChI=1S/C28H43NO11/c1-7-10-14-34-25(31)38-22-13-12-20(17-23(22)39-26(32)35-15-11-8-2)16-21(29)24(30)37-19(4)18-36-27(33)40-28(5,6)9-3/h12-13,17,19,21H,7-11,14-16,18,29H2,1-6H3/t19-,21-/m0/s1. The van der Waals surface area contributed by atoms with E-state index in [2.05, 4.69) is 0 Å². The van der Waals surface area contributed by atoms with Crippen LogP contribution in [0.15, 0.2) is 18.2 Å². The van der Waals surface area contributed by atoms with Crippen molar-refractivity contribution in [2.75, 3.05) is 19.8 Å². The number of hydrogen-bond donors (Lipinski definition) is 1. The maximum atomic E-state index is 12.5. The van der Waals surface area contributed by atoms with E-state index in [0.717, 1.165) is 12.8 Å². The van der Waals surface area contributed by atoms with Gasteiger partial charge < -0.3 is 38.9 Å². The van der Waals surface area contributed by atoms with Gasteiger partial charge in [-0.3, -0.25) is 4.79 Å². The van der Waals surface area contributed by atoms with Crippen LogP contribution in [0.4, 0.5) is 14.4 Å². The van der Waals surface area contributed by atoms with Crippen molar-refractivity contribution in [2.24, 2.45) is 5.73 Å². The van der Waals surface area contributed by atoms with Crippen LogP contribution in [0, 0.1) is 0 Å². The van der Waals surface area contributed by atoms with E-state index in [4.69, 9.17) is 38.9 Å². The van der Waals surface area contributed by atoms with E-state index in [9.17, 15) is 19.2 Å². The number of ether oxygens (including phenoxy) is 7. The van der Waals surface area contributed by atoms with Crippen LogP contribution in [-0.2, 0) is 34.9 Å². The number of unbranched alkanes of at least 4 members (excludes halogenated alkanes) is 2. The summed E-state index contributed by atoms with van der Waals surface area (Å²) in [7, 11) is 0. The molecule has 0 aliphatic rings. The highest BCUT2D eigenvalue weighted by Gasteiger charge is 2.24. The number of nitrogens with two attached hydrogens (primary N) is 1. The summed E-state index contributed by atoms with van der Waals surface area (Å²) in [6.45, 7) is 10.9. The number of carbonyl (C=O) groups is 4. The molecule has 40 heavy (non-hydrogen) atoms. The summed E-state index contributed by atoms with van der Waals surface area (Å²) in [5, 5.41) is 0. The molecule has 2 N–H and O–H groups in total. The number of esters is 1. The Morgan fingerprint density at radius 2 is 1.43 bits per heavy atom. The minimum absolute atomic E-state index is 0.00160. The molecule has 0 saturated carbocycles. The van der Waals surface area contributed by atoms with Gasteiger partial charge in [0.2, 0.25) is 0 Å². The third kappa shape index (κ3) is 14.0. The van der Waals surface area contributed by atoms with Crippen LogP contribution in [0.2, 0.25) is 0 Å². The van der Waals surface area contributed by atoms with Crippen molar-refractivity contribution in [1.82, 2.24) is 0 Å². The van der Waals surface area contributed by atoms with Crippen molar-refractivity contribution in [3.8, 4) is 11.5 Å². The summed E-state index contributed by atoms with van der Waals surface area (Å²) >= 11 is 0. The Labute approximate surface area is 235 Å². The van der Waals surface area contributed by atoms with Gasteiger partial charge in [-0.25, -0.2) is 14.4 Å². The molecule has 0 heterocycles. The van der Waals surface area contributed by atoms with Crippen molar-refractivity contribution in [2.45, 2.75) is 97.8 Å². The van der Waals surface area contributed by atoms with E-state index in [1.807, 2.05) is 20.8 Å². The maximum absolute atomic E-state index is 12.5. The smallest absolute Gasteiger partial charge is 0.458 e. The highest BCUT2D eigenvalue weighted by atomic mass is 16.8. The van der Waals surface area contributed by atoms with Crippen LogP contribution in [0.25, 0.3) is 0 Å². The van der Waals surface area contributed by atoms with Crippen LogP contribution >= 0.6 is 0 Å². The summed E-state index contributed by atoms with van der Waals surface area (Å²) in [5.74, 6) is -0.917. The SMILES string of the molecule is CCCCOC(=O)Oc1ccc(C[C@H](N)C(=O)O[C@@H](C)COC(=O)OC(C)(C)CC)cc1OC(=O)OCCCC. The molecule has 0 radical (unpaired) electrons. The normalized spacial score (nSPS) is 12.5. The molecule has 0 spiro atoms. The van der Waals surface area contributed by atoms with Gasteiger partial charge in [0, 0.05) is 0 Å². The fraction of sp³-hybridized carbons (Fsp3) is 0.643. The lowest BCUT2D eigenvalue weighted by Gasteiger charge is -2.23. The van der Waals surface area contributed by atoms with Crippen molar-refractivity contribution in [3.63, 3.8) is 0 Å². The lowest BCUT2D eigenvalue weighted by Crippen LogP contribution is -2.37. The Morgan fingerprint density at radius 3 is 1.98 bits per heavy atom. The monoisotopic (exact) mass is 569 g/mol. The van der Waals surface area contributed by atoms with Crippen LogP contribution in [0.3, 0.4) is 0 Å². The van der Waals surface area contributed by atoms with Gasteiger partial charge in [0.15, 0.2) is 11.5 Å². The first-order chi connectivity index (χ1) is 18.9. The Bertz CT molecular complexity index is 964. The van der Waals surface area contributed by atoms with E-state index < -0.39 is 42.2 Å².